The van der Waals surface area contributed by atoms with E-state index in [1.54, 1.807) is 24.3 Å². The molecule has 98 valence electrons. The molecule has 1 aliphatic carbocycles. The number of nitriles is 1. The van der Waals surface area contributed by atoms with Crippen molar-refractivity contribution in [1.82, 2.24) is 0 Å². The number of hydrogen-bond donors (Lipinski definition) is 2. The summed E-state index contributed by atoms with van der Waals surface area (Å²) >= 11 is 0. The molecule has 2 N–H and O–H groups in total. The number of carbonyl (C=O) groups is 2. The Hall–Kier alpha value is -2.35. The Labute approximate surface area is 110 Å². The minimum absolute atomic E-state index is 0.312. The maximum absolute atomic E-state index is 12.1. The van der Waals surface area contributed by atoms with Crippen LogP contribution in [0.5, 0.6) is 0 Å². The van der Waals surface area contributed by atoms with Crippen LogP contribution in [0.25, 0.3) is 0 Å². The fourth-order valence-electron chi connectivity index (χ4n) is 2.48. The minimum Gasteiger partial charge on any atom is -0.481 e. The van der Waals surface area contributed by atoms with Gasteiger partial charge in [0.2, 0.25) is 5.91 Å². The fraction of sp³-hybridized carbons (Fsp3) is 0.357. The van der Waals surface area contributed by atoms with Crippen molar-refractivity contribution in [3.8, 4) is 6.07 Å². The number of hydrogen-bond acceptors (Lipinski definition) is 3. The average molecular weight is 258 g/mol. The van der Waals surface area contributed by atoms with Crippen LogP contribution in [0.2, 0.25) is 0 Å². The number of carboxylic acid groups (broad SMARTS) is 1. The van der Waals surface area contributed by atoms with Crippen molar-refractivity contribution in [3.05, 3.63) is 29.8 Å². The molecule has 0 saturated heterocycles. The third kappa shape index (κ3) is 2.74. The molecule has 2 atom stereocenters. The second kappa shape index (κ2) is 5.53. The van der Waals surface area contributed by atoms with E-state index in [-0.39, 0.29) is 5.91 Å². The number of rotatable bonds is 3. The number of nitrogens with zero attached hydrogens (tertiary/aromatic N) is 1. The lowest BCUT2D eigenvalue weighted by Gasteiger charge is -2.16. The normalized spacial score (nSPS) is 21.6. The zero-order chi connectivity index (χ0) is 13.8. The molecule has 2 rings (SSSR count). The van der Waals surface area contributed by atoms with Crippen LogP contribution in [-0.2, 0) is 9.59 Å². The predicted molar refractivity (Wildman–Crippen MR) is 68.3 cm³/mol. The van der Waals surface area contributed by atoms with Crippen molar-refractivity contribution >= 4 is 17.6 Å². The summed E-state index contributed by atoms with van der Waals surface area (Å²) in [6.45, 7) is 0. The Morgan fingerprint density at radius 2 is 1.95 bits per heavy atom. The first kappa shape index (κ1) is 13.1. The number of para-hydroxylation sites is 1. The number of benzene rings is 1. The quantitative estimate of drug-likeness (QED) is 0.867. The number of amides is 1. The van der Waals surface area contributed by atoms with Crippen molar-refractivity contribution in [3.63, 3.8) is 0 Å². The van der Waals surface area contributed by atoms with E-state index in [1.807, 2.05) is 6.07 Å². The molecular weight excluding hydrogens is 244 g/mol. The van der Waals surface area contributed by atoms with E-state index in [2.05, 4.69) is 5.32 Å². The van der Waals surface area contributed by atoms with E-state index in [4.69, 9.17) is 10.4 Å². The monoisotopic (exact) mass is 258 g/mol. The second-order valence-electron chi connectivity index (χ2n) is 4.63. The molecule has 1 fully saturated rings. The number of carbonyl (C=O) groups excluding carboxylic acids is 1. The van der Waals surface area contributed by atoms with Crippen LogP contribution in [0.1, 0.15) is 24.8 Å². The Morgan fingerprint density at radius 1 is 1.26 bits per heavy atom. The molecule has 0 bridgehead atoms. The Bertz CT molecular complexity index is 548. The van der Waals surface area contributed by atoms with Gasteiger partial charge >= 0.3 is 5.97 Å². The van der Waals surface area contributed by atoms with E-state index in [9.17, 15) is 9.59 Å². The third-order valence-electron chi connectivity index (χ3n) is 3.48. The lowest BCUT2D eigenvalue weighted by atomic mass is 9.95. The standard InChI is InChI=1S/C14H14N2O3/c15-8-9-4-1-2-7-12(9)16-13(17)10-5-3-6-11(10)14(18)19/h1-2,4,7,10-11H,3,5-6H2,(H,16,17)(H,18,19). The smallest absolute Gasteiger partial charge is 0.307 e. The highest BCUT2D eigenvalue weighted by atomic mass is 16.4. The van der Waals surface area contributed by atoms with Crippen LogP contribution in [0.3, 0.4) is 0 Å². The van der Waals surface area contributed by atoms with E-state index in [0.29, 0.717) is 24.1 Å². The highest BCUT2D eigenvalue weighted by Gasteiger charge is 2.37. The average Bonchev–Trinajstić information content (AvgIpc) is 2.88. The molecule has 5 nitrogen and oxygen atoms in total. The lowest BCUT2D eigenvalue weighted by molar-refractivity contribution is -0.145. The predicted octanol–water partition coefficient (Wildman–Crippen LogP) is 2.00. The van der Waals surface area contributed by atoms with Gasteiger partial charge in [0.15, 0.2) is 0 Å². The molecule has 19 heavy (non-hydrogen) atoms. The van der Waals surface area contributed by atoms with Gasteiger partial charge in [-0.25, -0.2) is 0 Å². The zero-order valence-corrected chi connectivity index (χ0v) is 10.3. The third-order valence-corrected chi connectivity index (χ3v) is 3.48. The first-order chi connectivity index (χ1) is 9.13. The number of aliphatic carboxylic acids is 1. The molecule has 0 radical (unpaired) electrons. The summed E-state index contributed by atoms with van der Waals surface area (Å²) in [6.07, 6.45) is 1.86. The summed E-state index contributed by atoms with van der Waals surface area (Å²) < 4.78 is 0. The number of carboxylic acids is 1. The second-order valence-corrected chi connectivity index (χ2v) is 4.63. The van der Waals surface area contributed by atoms with Crippen molar-refractivity contribution in [2.45, 2.75) is 19.3 Å². The van der Waals surface area contributed by atoms with Gasteiger partial charge < -0.3 is 10.4 Å². The van der Waals surface area contributed by atoms with Crippen LogP contribution in [0, 0.1) is 23.2 Å². The maximum atomic E-state index is 12.1. The Balaban J connectivity index is 2.13. The molecule has 1 aromatic carbocycles. The summed E-state index contributed by atoms with van der Waals surface area (Å²) in [4.78, 5) is 23.2. The molecule has 0 spiro atoms. The highest BCUT2D eigenvalue weighted by molar-refractivity contribution is 5.96. The molecule has 1 amide bonds. The SMILES string of the molecule is N#Cc1ccccc1NC(=O)C1CCCC1C(=O)O. The van der Waals surface area contributed by atoms with Gasteiger partial charge in [0.1, 0.15) is 6.07 Å². The molecule has 1 aliphatic rings. The van der Waals surface area contributed by atoms with E-state index >= 15 is 0 Å². The van der Waals surface area contributed by atoms with Gasteiger partial charge in [-0.2, -0.15) is 5.26 Å². The van der Waals surface area contributed by atoms with Crippen LogP contribution in [0.15, 0.2) is 24.3 Å². The molecule has 0 aromatic heterocycles. The molecule has 0 heterocycles. The van der Waals surface area contributed by atoms with Crippen molar-refractivity contribution in [2.75, 3.05) is 5.32 Å². The van der Waals surface area contributed by atoms with Gasteiger partial charge in [0.05, 0.1) is 23.1 Å². The molecule has 5 heteroatoms. The maximum Gasteiger partial charge on any atom is 0.307 e. The molecule has 1 saturated carbocycles. The summed E-state index contributed by atoms with van der Waals surface area (Å²) in [7, 11) is 0. The van der Waals surface area contributed by atoms with Crippen LogP contribution < -0.4 is 5.32 Å². The van der Waals surface area contributed by atoms with Gasteiger partial charge in [-0.15, -0.1) is 0 Å². The van der Waals surface area contributed by atoms with Gasteiger partial charge in [0.25, 0.3) is 0 Å². The summed E-state index contributed by atoms with van der Waals surface area (Å²) in [5.74, 6) is -2.36. The highest BCUT2D eigenvalue weighted by Crippen LogP contribution is 2.33. The van der Waals surface area contributed by atoms with E-state index in [0.717, 1.165) is 6.42 Å². The zero-order valence-electron chi connectivity index (χ0n) is 10.3. The van der Waals surface area contributed by atoms with Gasteiger partial charge in [0, 0.05) is 0 Å². The minimum atomic E-state index is -0.925. The molecular formula is C14H14N2O3. The fourth-order valence-corrected chi connectivity index (χ4v) is 2.48. The van der Waals surface area contributed by atoms with Crippen LogP contribution in [-0.4, -0.2) is 17.0 Å². The van der Waals surface area contributed by atoms with Gasteiger partial charge in [-0.1, -0.05) is 18.6 Å². The van der Waals surface area contributed by atoms with Crippen molar-refractivity contribution < 1.29 is 14.7 Å². The van der Waals surface area contributed by atoms with Crippen LogP contribution in [0.4, 0.5) is 5.69 Å². The van der Waals surface area contributed by atoms with E-state index in [1.165, 1.54) is 0 Å². The summed E-state index contributed by atoms with van der Waals surface area (Å²) in [5.41, 5.74) is 0.812. The summed E-state index contributed by atoms with van der Waals surface area (Å²) in [6, 6.07) is 8.68. The Kier molecular flexibility index (Phi) is 3.81. The molecule has 1 aromatic rings. The molecule has 0 aliphatic heterocycles. The first-order valence-electron chi connectivity index (χ1n) is 6.16. The first-order valence-corrected chi connectivity index (χ1v) is 6.16. The summed E-state index contributed by atoms with van der Waals surface area (Å²) in [5, 5.41) is 20.7. The topological polar surface area (TPSA) is 90.2 Å². The lowest BCUT2D eigenvalue weighted by Crippen LogP contribution is -2.30. The van der Waals surface area contributed by atoms with Crippen molar-refractivity contribution in [1.29, 1.82) is 5.26 Å². The molecule has 2 unspecified atom stereocenters. The van der Waals surface area contributed by atoms with Gasteiger partial charge in [-0.3, -0.25) is 9.59 Å². The van der Waals surface area contributed by atoms with Crippen LogP contribution >= 0.6 is 0 Å². The van der Waals surface area contributed by atoms with Gasteiger partial charge in [-0.05, 0) is 25.0 Å². The van der Waals surface area contributed by atoms with E-state index < -0.39 is 17.8 Å². The number of nitrogens with one attached hydrogen (secondary N) is 1. The Morgan fingerprint density at radius 3 is 2.63 bits per heavy atom. The number of anilines is 1. The largest absolute Gasteiger partial charge is 0.481 e. The van der Waals surface area contributed by atoms with Crippen molar-refractivity contribution in [2.24, 2.45) is 11.8 Å².